The fourth-order valence-electron chi connectivity index (χ4n) is 4.76. The van der Waals surface area contributed by atoms with Crippen LogP contribution in [0.4, 0.5) is 0 Å². The van der Waals surface area contributed by atoms with Gasteiger partial charge in [-0.3, -0.25) is 19.2 Å². The van der Waals surface area contributed by atoms with Crippen LogP contribution in [0, 0.1) is 23.7 Å². The zero-order valence-corrected chi connectivity index (χ0v) is 20.7. The molecule has 1 aliphatic rings. The van der Waals surface area contributed by atoms with Gasteiger partial charge < -0.3 is 25.0 Å². The van der Waals surface area contributed by atoms with Gasteiger partial charge in [-0.25, -0.2) is 0 Å². The maximum atomic E-state index is 13.7. The number of carboxylic acids is 3. The molecule has 1 aliphatic carbocycles. The third kappa shape index (κ3) is 5.63. The summed E-state index contributed by atoms with van der Waals surface area (Å²) in [6, 6.07) is 22.8. The van der Waals surface area contributed by atoms with Gasteiger partial charge in [0.15, 0.2) is 0 Å². The van der Waals surface area contributed by atoms with Crippen molar-refractivity contribution in [2.45, 2.75) is 13.1 Å². The number of rotatable bonds is 10. The van der Waals surface area contributed by atoms with Crippen LogP contribution in [-0.4, -0.2) is 44.0 Å². The summed E-state index contributed by atoms with van der Waals surface area (Å²) in [6.07, 6.45) is 0. The van der Waals surface area contributed by atoms with E-state index in [4.69, 9.17) is 16.3 Å². The SMILES string of the molecule is O=C(O)C1C(C(=O)O)C(C(=O)N(Cc2ccccc2)Cc2ccc(Oc3ccccc3)c(Cl)c2)C1C(=O)O. The average Bonchev–Trinajstić information content (AvgIpc) is 2.85. The van der Waals surface area contributed by atoms with E-state index in [2.05, 4.69) is 0 Å². The molecule has 2 atom stereocenters. The molecular weight excluding hydrogens is 514 g/mol. The van der Waals surface area contributed by atoms with E-state index >= 15 is 0 Å². The van der Waals surface area contributed by atoms with Gasteiger partial charge in [0.2, 0.25) is 5.91 Å². The van der Waals surface area contributed by atoms with Crippen LogP contribution in [0.25, 0.3) is 0 Å². The third-order valence-corrected chi connectivity index (χ3v) is 6.85. The van der Waals surface area contributed by atoms with Crippen LogP contribution in [0.1, 0.15) is 11.1 Å². The van der Waals surface area contributed by atoms with E-state index in [0.29, 0.717) is 17.1 Å². The van der Waals surface area contributed by atoms with Gasteiger partial charge in [-0.1, -0.05) is 66.2 Å². The highest BCUT2D eigenvalue weighted by molar-refractivity contribution is 6.32. The van der Waals surface area contributed by atoms with Crippen LogP contribution in [0.3, 0.4) is 0 Å². The number of amides is 1. The summed E-state index contributed by atoms with van der Waals surface area (Å²) in [6.45, 7) is 0.0262. The molecule has 3 N–H and O–H groups in total. The Morgan fingerprint density at radius 1 is 0.684 bits per heavy atom. The Morgan fingerprint density at radius 2 is 1.18 bits per heavy atom. The Morgan fingerprint density at radius 3 is 1.71 bits per heavy atom. The largest absolute Gasteiger partial charge is 0.481 e. The van der Waals surface area contributed by atoms with Crippen molar-refractivity contribution in [2.24, 2.45) is 23.7 Å². The standard InChI is InChI=1S/C28H24ClNO8/c29-19-13-17(11-12-20(19)38-18-9-5-2-6-10-18)15-30(14-16-7-3-1-4-8-16)25(31)21-22(26(32)33)24(28(36)37)23(21)27(34)35/h1-13,21-24H,14-15H2,(H,32,33)(H,34,35)(H,36,37). The number of nitrogens with zero attached hydrogens (tertiary/aromatic N) is 1. The van der Waals surface area contributed by atoms with Crippen molar-refractivity contribution in [3.63, 3.8) is 0 Å². The van der Waals surface area contributed by atoms with Crippen molar-refractivity contribution in [1.82, 2.24) is 4.90 Å². The van der Waals surface area contributed by atoms with E-state index in [-0.39, 0.29) is 18.1 Å². The fourth-order valence-corrected chi connectivity index (χ4v) is 5.01. The maximum Gasteiger partial charge on any atom is 0.308 e. The predicted octanol–water partition coefficient (Wildman–Crippen LogP) is 4.39. The lowest BCUT2D eigenvalue weighted by molar-refractivity contribution is -0.190. The van der Waals surface area contributed by atoms with E-state index in [1.165, 1.54) is 4.90 Å². The number of hydrogen-bond acceptors (Lipinski definition) is 5. The minimum atomic E-state index is -1.71. The van der Waals surface area contributed by atoms with Crippen molar-refractivity contribution in [3.05, 3.63) is 95.0 Å². The van der Waals surface area contributed by atoms with Gasteiger partial charge in [-0.2, -0.15) is 0 Å². The van der Waals surface area contributed by atoms with Crippen LogP contribution in [0.2, 0.25) is 5.02 Å². The number of aliphatic carboxylic acids is 3. The second-order valence-corrected chi connectivity index (χ2v) is 9.38. The first-order valence-electron chi connectivity index (χ1n) is 11.7. The smallest absolute Gasteiger partial charge is 0.308 e. The van der Waals surface area contributed by atoms with Crippen LogP contribution >= 0.6 is 11.6 Å². The summed E-state index contributed by atoms with van der Waals surface area (Å²) in [5.41, 5.74) is 1.32. The first-order chi connectivity index (χ1) is 18.2. The van der Waals surface area contributed by atoms with Crippen molar-refractivity contribution in [3.8, 4) is 11.5 Å². The minimum absolute atomic E-state index is 0.0218. The first kappa shape index (κ1) is 26.7. The molecule has 10 heteroatoms. The van der Waals surface area contributed by atoms with Gasteiger partial charge in [-0.15, -0.1) is 0 Å². The van der Waals surface area contributed by atoms with E-state index in [1.807, 2.05) is 18.2 Å². The Balaban J connectivity index is 1.63. The van der Waals surface area contributed by atoms with Crippen molar-refractivity contribution in [1.29, 1.82) is 0 Å². The molecule has 0 spiro atoms. The second-order valence-electron chi connectivity index (χ2n) is 8.98. The molecule has 0 radical (unpaired) electrons. The lowest BCUT2D eigenvalue weighted by atomic mass is 9.56. The number of halogens is 1. The molecule has 0 bridgehead atoms. The number of ether oxygens (including phenoxy) is 1. The van der Waals surface area contributed by atoms with Crippen molar-refractivity contribution in [2.75, 3.05) is 0 Å². The van der Waals surface area contributed by atoms with Crippen LogP contribution in [-0.2, 0) is 32.3 Å². The number of carboxylic acid groups (broad SMARTS) is 3. The molecule has 196 valence electrons. The summed E-state index contributed by atoms with van der Waals surface area (Å²) in [4.78, 5) is 50.4. The summed E-state index contributed by atoms with van der Waals surface area (Å²) >= 11 is 6.44. The Hall–Kier alpha value is -4.37. The lowest BCUT2D eigenvalue weighted by Gasteiger charge is -2.45. The zero-order chi connectivity index (χ0) is 27.4. The van der Waals surface area contributed by atoms with E-state index in [9.17, 15) is 34.5 Å². The minimum Gasteiger partial charge on any atom is -0.481 e. The van der Waals surface area contributed by atoms with E-state index in [0.717, 1.165) is 5.56 Å². The molecule has 4 rings (SSSR count). The summed E-state index contributed by atoms with van der Waals surface area (Å²) in [5, 5.41) is 29.1. The molecule has 1 saturated carbocycles. The van der Waals surface area contributed by atoms with Gasteiger partial charge in [0.1, 0.15) is 11.5 Å². The van der Waals surface area contributed by atoms with Gasteiger partial charge >= 0.3 is 17.9 Å². The average molecular weight is 538 g/mol. The Bertz CT molecular complexity index is 1330. The zero-order valence-electron chi connectivity index (χ0n) is 19.9. The van der Waals surface area contributed by atoms with E-state index < -0.39 is 47.5 Å². The molecule has 1 fully saturated rings. The molecule has 0 aliphatic heterocycles. The van der Waals surface area contributed by atoms with Crippen LogP contribution in [0.15, 0.2) is 78.9 Å². The molecule has 0 saturated heterocycles. The van der Waals surface area contributed by atoms with E-state index in [1.54, 1.807) is 60.7 Å². The molecule has 0 aromatic heterocycles. The lowest BCUT2D eigenvalue weighted by Crippen LogP contribution is -2.62. The molecule has 3 aromatic carbocycles. The highest BCUT2D eigenvalue weighted by atomic mass is 35.5. The number of carbonyl (C=O) groups excluding carboxylic acids is 1. The van der Waals surface area contributed by atoms with Gasteiger partial charge in [0, 0.05) is 13.1 Å². The predicted molar refractivity (Wildman–Crippen MR) is 136 cm³/mol. The second kappa shape index (κ2) is 11.4. The first-order valence-corrected chi connectivity index (χ1v) is 12.1. The number of para-hydroxylation sites is 1. The van der Waals surface area contributed by atoms with Gasteiger partial charge in [0.05, 0.1) is 28.7 Å². The van der Waals surface area contributed by atoms with Gasteiger partial charge in [0.25, 0.3) is 0 Å². The third-order valence-electron chi connectivity index (χ3n) is 6.56. The summed E-state index contributed by atoms with van der Waals surface area (Å²) in [7, 11) is 0. The number of hydrogen-bond donors (Lipinski definition) is 3. The van der Waals surface area contributed by atoms with Crippen LogP contribution in [0.5, 0.6) is 11.5 Å². The molecule has 38 heavy (non-hydrogen) atoms. The number of benzene rings is 3. The normalized spacial score (nSPS) is 20.1. The monoisotopic (exact) mass is 537 g/mol. The summed E-state index contributed by atoms with van der Waals surface area (Å²) in [5.74, 6) is -11.0. The molecule has 2 unspecified atom stereocenters. The summed E-state index contributed by atoms with van der Waals surface area (Å²) < 4.78 is 5.79. The fraction of sp³-hybridized carbons (Fsp3) is 0.214. The quantitative estimate of drug-likeness (QED) is 0.345. The highest BCUT2D eigenvalue weighted by Crippen LogP contribution is 2.48. The molecule has 3 aromatic rings. The van der Waals surface area contributed by atoms with Crippen molar-refractivity contribution < 1.29 is 39.2 Å². The Labute approximate surface area is 222 Å². The molecular formula is C28H24ClNO8. The molecule has 0 heterocycles. The maximum absolute atomic E-state index is 13.7. The molecule has 1 amide bonds. The topological polar surface area (TPSA) is 141 Å². The molecule has 9 nitrogen and oxygen atoms in total. The number of carbonyl (C=O) groups is 4. The Kier molecular flexibility index (Phi) is 7.97. The van der Waals surface area contributed by atoms with Crippen LogP contribution < -0.4 is 4.74 Å². The highest BCUT2D eigenvalue weighted by Gasteiger charge is 2.64. The van der Waals surface area contributed by atoms with Gasteiger partial charge in [-0.05, 0) is 35.4 Å². The van der Waals surface area contributed by atoms with Crippen molar-refractivity contribution >= 4 is 35.4 Å².